The van der Waals surface area contributed by atoms with Crippen LogP contribution in [0.4, 0.5) is 5.82 Å². The van der Waals surface area contributed by atoms with Crippen molar-refractivity contribution in [2.75, 3.05) is 31.3 Å². The summed E-state index contributed by atoms with van der Waals surface area (Å²) in [4.78, 5) is 41.7. The number of aliphatic hydroxyl groups is 2. The van der Waals surface area contributed by atoms with Crippen LogP contribution in [0.1, 0.15) is 46.4 Å². The summed E-state index contributed by atoms with van der Waals surface area (Å²) in [5, 5.41) is 23.6. The molecule has 46 heavy (non-hydrogen) atoms. The summed E-state index contributed by atoms with van der Waals surface area (Å²) in [6, 6.07) is 9.34. The Morgan fingerprint density at radius 1 is 1.24 bits per heavy atom. The number of carbonyl (C=O) groups excluding carboxylic acids is 2. The zero-order valence-corrected chi connectivity index (χ0v) is 28.2. The van der Waals surface area contributed by atoms with E-state index in [1.54, 1.807) is 52.0 Å². The molecule has 6 atom stereocenters. The lowest BCUT2D eigenvalue weighted by molar-refractivity contribution is -0.166. The van der Waals surface area contributed by atoms with Crippen LogP contribution in [0.15, 0.2) is 47.4 Å². The highest BCUT2D eigenvalue weighted by Crippen LogP contribution is 2.47. The Labute approximate surface area is 271 Å². The van der Waals surface area contributed by atoms with Crippen molar-refractivity contribution in [2.24, 2.45) is 17.1 Å². The Morgan fingerprint density at radius 2 is 1.91 bits per heavy atom. The summed E-state index contributed by atoms with van der Waals surface area (Å²) in [6.45, 7) is 7.02. The fourth-order valence-electron chi connectivity index (χ4n) is 4.28. The number of rotatable bonds is 16. The lowest BCUT2D eigenvalue weighted by atomic mass is 9.95. The number of nitrogens with one attached hydrogen (secondary N) is 1. The van der Waals surface area contributed by atoms with Gasteiger partial charge in [0.15, 0.2) is 17.4 Å². The van der Waals surface area contributed by atoms with Crippen LogP contribution in [0.2, 0.25) is 0 Å². The summed E-state index contributed by atoms with van der Waals surface area (Å²) in [5.41, 5.74) is 8.59. The Kier molecular flexibility index (Phi) is 13.1. The van der Waals surface area contributed by atoms with Crippen LogP contribution in [0.5, 0.6) is 0 Å². The van der Waals surface area contributed by atoms with Gasteiger partial charge in [-0.2, -0.15) is 4.98 Å². The fraction of sp³-hybridized carbons (Fsp3) is 0.586. The molecular formula is C29H44N5O10PS. The summed E-state index contributed by atoms with van der Waals surface area (Å²) in [5.74, 6) is -1.06. The van der Waals surface area contributed by atoms with Crippen LogP contribution >= 0.6 is 19.5 Å². The number of ether oxygens (including phenoxy) is 2. The molecule has 1 aromatic carbocycles. The van der Waals surface area contributed by atoms with Gasteiger partial charge in [0.1, 0.15) is 23.6 Å². The predicted molar refractivity (Wildman–Crippen MR) is 171 cm³/mol. The number of nitrogens with two attached hydrogens (primary N) is 2. The Morgan fingerprint density at radius 3 is 2.52 bits per heavy atom. The van der Waals surface area contributed by atoms with Gasteiger partial charge in [-0.1, -0.05) is 55.9 Å². The Bertz CT molecular complexity index is 1440. The van der Waals surface area contributed by atoms with Crippen LogP contribution in [-0.2, 0) is 39.2 Å². The van der Waals surface area contributed by atoms with Crippen molar-refractivity contribution in [3.05, 3.63) is 58.6 Å². The third kappa shape index (κ3) is 9.69. The minimum Gasteiger partial charge on any atom is -0.455 e. The molecule has 2 aromatic rings. The molecule has 7 N–H and O–H groups in total. The van der Waals surface area contributed by atoms with E-state index in [4.69, 9.17) is 30.0 Å². The summed E-state index contributed by atoms with van der Waals surface area (Å²) in [6.07, 6.45) is -2.83. The second-order valence-electron chi connectivity index (χ2n) is 12.0. The first-order chi connectivity index (χ1) is 21.5. The van der Waals surface area contributed by atoms with Crippen molar-refractivity contribution >= 4 is 36.4 Å². The van der Waals surface area contributed by atoms with Gasteiger partial charge in [0.05, 0.1) is 25.2 Å². The lowest BCUT2D eigenvalue weighted by Gasteiger charge is -2.31. The summed E-state index contributed by atoms with van der Waals surface area (Å²) < 4.78 is 38.0. The highest BCUT2D eigenvalue weighted by atomic mass is 32.2. The highest BCUT2D eigenvalue weighted by molar-refractivity contribution is 8.13. The molecule has 0 saturated carbocycles. The zero-order valence-electron chi connectivity index (χ0n) is 26.5. The number of carbonyl (C=O) groups is 2. The normalized spacial score (nSPS) is 23.6. The van der Waals surface area contributed by atoms with E-state index in [1.165, 1.54) is 19.2 Å². The molecule has 4 unspecified atom stereocenters. The number of thioether (sulfide) groups is 1. The molecular weight excluding hydrogens is 641 g/mol. The van der Waals surface area contributed by atoms with Gasteiger partial charge in [-0.15, -0.1) is 0 Å². The molecule has 2 heterocycles. The van der Waals surface area contributed by atoms with Gasteiger partial charge in [-0.05, 0) is 38.3 Å². The average molecular weight is 686 g/mol. The summed E-state index contributed by atoms with van der Waals surface area (Å²) >= 11 is 0.916. The quantitative estimate of drug-likeness (QED) is 0.0960. The first-order valence-corrected chi connectivity index (χ1v) is 17.2. The van der Waals surface area contributed by atoms with Gasteiger partial charge >= 0.3 is 19.4 Å². The number of hydrogen-bond acceptors (Lipinski definition) is 14. The van der Waals surface area contributed by atoms with Gasteiger partial charge < -0.3 is 31.2 Å². The molecule has 0 spiro atoms. The van der Waals surface area contributed by atoms with Crippen LogP contribution in [0, 0.1) is 11.3 Å². The van der Waals surface area contributed by atoms with Crippen molar-refractivity contribution in [3.8, 4) is 0 Å². The molecule has 256 valence electrons. The minimum absolute atomic E-state index is 0.0491. The molecule has 1 saturated heterocycles. The topological polar surface area (TPSA) is 228 Å². The second kappa shape index (κ2) is 16.0. The SMILES string of the molecule is CC(C)C(N)C(=O)O[C@H]1[C@@H](COP(=O)(NCc2ccccc2)OCCSC(=O)C(C)(C)CO)OC(n2ccc(N)nc2=O)C1(C)O. The first kappa shape index (κ1) is 37.8. The van der Waals surface area contributed by atoms with Gasteiger partial charge in [-0.3, -0.25) is 23.2 Å². The van der Waals surface area contributed by atoms with Crippen molar-refractivity contribution in [2.45, 2.75) is 71.2 Å². The van der Waals surface area contributed by atoms with Crippen molar-refractivity contribution in [1.82, 2.24) is 14.6 Å². The number of aromatic nitrogens is 2. The van der Waals surface area contributed by atoms with Crippen molar-refractivity contribution < 1.29 is 42.9 Å². The number of aliphatic hydroxyl groups excluding tert-OH is 1. The van der Waals surface area contributed by atoms with E-state index in [0.29, 0.717) is 0 Å². The monoisotopic (exact) mass is 685 g/mol. The molecule has 1 aliphatic heterocycles. The van der Waals surface area contributed by atoms with Crippen molar-refractivity contribution in [3.63, 3.8) is 0 Å². The van der Waals surface area contributed by atoms with E-state index < -0.39 is 61.5 Å². The van der Waals surface area contributed by atoms with Gasteiger partial charge in [-0.25, -0.2) is 14.4 Å². The summed E-state index contributed by atoms with van der Waals surface area (Å²) in [7, 11) is -4.14. The molecule has 17 heteroatoms. The largest absolute Gasteiger partial charge is 0.455 e. The first-order valence-electron chi connectivity index (χ1n) is 14.7. The number of benzene rings is 1. The third-order valence-corrected chi connectivity index (χ3v) is 10.1. The number of nitrogens with zero attached hydrogens (tertiary/aromatic N) is 2. The van der Waals surface area contributed by atoms with Gasteiger partial charge in [0.25, 0.3) is 0 Å². The van der Waals surface area contributed by atoms with Gasteiger partial charge in [0.2, 0.25) is 0 Å². The Hall–Kier alpha value is -2.66. The van der Waals surface area contributed by atoms with E-state index in [0.717, 1.165) is 21.9 Å². The maximum atomic E-state index is 14.0. The average Bonchev–Trinajstić information content (AvgIpc) is 3.25. The van der Waals surface area contributed by atoms with E-state index in [1.807, 2.05) is 6.07 Å². The molecule has 0 aliphatic carbocycles. The third-order valence-electron chi connectivity index (χ3n) is 7.31. The molecule has 1 fully saturated rings. The number of anilines is 1. The molecule has 1 aromatic heterocycles. The molecule has 3 rings (SSSR count). The molecule has 15 nitrogen and oxygen atoms in total. The molecule has 0 radical (unpaired) electrons. The Balaban J connectivity index is 1.84. The second-order valence-corrected chi connectivity index (χ2v) is 14.9. The lowest BCUT2D eigenvalue weighted by Crippen LogP contribution is -2.51. The molecule has 1 aliphatic rings. The standard InChI is InChI=1S/C29H44N5O10PS/c1-18(2)22(31)24(36)44-23-20(43-25(29(23,5)39)34-12-11-21(30)33-27(34)38)16-42-45(40,32-15-19-9-7-6-8-10-19)41-13-14-46-26(37)28(3,4)17-35/h6-12,18,20,22-23,25,35,39H,13-17,31H2,1-5H3,(H,32,40)(H2,30,33,38)/t20-,22?,23+,25?,29?,45?/m1/s1. The van der Waals surface area contributed by atoms with E-state index >= 15 is 0 Å². The zero-order chi connectivity index (χ0) is 34.3. The van der Waals surface area contributed by atoms with E-state index in [9.17, 15) is 29.2 Å². The molecule has 0 amide bonds. The maximum Gasteiger partial charge on any atom is 0.405 e. The van der Waals surface area contributed by atoms with E-state index in [2.05, 4.69) is 10.1 Å². The van der Waals surface area contributed by atoms with Crippen LogP contribution in [0.3, 0.4) is 0 Å². The maximum absolute atomic E-state index is 14.0. The minimum atomic E-state index is -4.14. The van der Waals surface area contributed by atoms with Crippen LogP contribution < -0.4 is 22.2 Å². The number of esters is 1. The van der Waals surface area contributed by atoms with Crippen LogP contribution in [-0.4, -0.2) is 80.3 Å². The highest BCUT2D eigenvalue weighted by Gasteiger charge is 2.57. The molecule has 0 bridgehead atoms. The van der Waals surface area contributed by atoms with Crippen molar-refractivity contribution in [1.29, 1.82) is 0 Å². The predicted octanol–water partition coefficient (Wildman–Crippen LogP) is 1.58. The number of hydrogen-bond donors (Lipinski definition) is 5. The fourth-order valence-corrected chi connectivity index (χ4v) is 6.52. The van der Waals surface area contributed by atoms with Crippen LogP contribution in [0.25, 0.3) is 0 Å². The smallest absolute Gasteiger partial charge is 0.405 e. The van der Waals surface area contributed by atoms with E-state index in [-0.39, 0.29) is 42.4 Å². The van der Waals surface area contributed by atoms with Gasteiger partial charge in [0, 0.05) is 18.5 Å². The number of nitrogen functional groups attached to an aromatic ring is 1.